The first-order chi connectivity index (χ1) is 14.6. The standard InChI is InChI=1S/C19H21Cl2N3O6S/c1-28-16-5-12(6-17(29-2)19(16)30-3)10-22-23-18(25)11-24(31(4,26)27)15-8-13(20)7-14(21)9-15/h5-10H,11H2,1-4H3,(H,23,25)/b22-10-. The maximum absolute atomic E-state index is 12.3. The van der Waals surface area contributed by atoms with Gasteiger partial charge >= 0.3 is 0 Å². The molecule has 0 spiro atoms. The molecule has 0 heterocycles. The zero-order valence-electron chi connectivity index (χ0n) is 17.2. The predicted molar refractivity (Wildman–Crippen MR) is 120 cm³/mol. The van der Waals surface area contributed by atoms with Crippen molar-refractivity contribution in [3.8, 4) is 17.2 Å². The summed E-state index contributed by atoms with van der Waals surface area (Å²) in [7, 11) is 0.636. The van der Waals surface area contributed by atoms with Crippen LogP contribution >= 0.6 is 23.2 Å². The number of carbonyl (C=O) groups is 1. The van der Waals surface area contributed by atoms with Gasteiger partial charge in [-0.3, -0.25) is 9.10 Å². The van der Waals surface area contributed by atoms with Crippen LogP contribution in [0.4, 0.5) is 5.69 Å². The Hall–Kier alpha value is -2.69. The SMILES string of the molecule is COc1cc(/C=N\NC(=O)CN(c2cc(Cl)cc(Cl)c2)S(C)(=O)=O)cc(OC)c1OC. The Bertz CT molecular complexity index is 1050. The molecular weight excluding hydrogens is 469 g/mol. The van der Waals surface area contributed by atoms with Crippen LogP contribution in [0.3, 0.4) is 0 Å². The van der Waals surface area contributed by atoms with Gasteiger partial charge in [-0.1, -0.05) is 23.2 Å². The van der Waals surface area contributed by atoms with E-state index in [0.29, 0.717) is 22.8 Å². The van der Waals surface area contributed by atoms with Gasteiger partial charge < -0.3 is 14.2 Å². The van der Waals surface area contributed by atoms with Gasteiger partial charge in [-0.2, -0.15) is 5.10 Å². The fourth-order valence-electron chi connectivity index (χ4n) is 2.60. The van der Waals surface area contributed by atoms with Crippen molar-refractivity contribution in [1.29, 1.82) is 0 Å². The summed E-state index contributed by atoms with van der Waals surface area (Å²) in [5.74, 6) is 0.562. The number of hydrogen-bond acceptors (Lipinski definition) is 7. The summed E-state index contributed by atoms with van der Waals surface area (Å²) in [6, 6.07) is 7.50. The molecule has 0 bridgehead atoms. The number of halogens is 2. The molecule has 0 aliphatic carbocycles. The third-order valence-corrected chi connectivity index (χ3v) is 5.49. The molecule has 0 unspecified atom stereocenters. The number of rotatable bonds is 9. The third kappa shape index (κ3) is 6.65. The van der Waals surface area contributed by atoms with Gasteiger partial charge in [0.25, 0.3) is 5.91 Å². The molecule has 0 aromatic heterocycles. The molecule has 0 fully saturated rings. The van der Waals surface area contributed by atoms with Crippen LogP contribution in [0.15, 0.2) is 35.4 Å². The lowest BCUT2D eigenvalue weighted by Gasteiger charge is -2.21. The number of amides is 1. The van der Waals surface area contributed by atoms with Crippen LogP contribution in [0, 0.1) is 0 Å². The van der Waals surface area contributed by atoms with Crippen molar-refractivity contribution < 1.29 is 27.4 Å². The largest absolute Gasteiger partial charge is 0.493 e. The highest BCUT2D eigenvalue weighted by Gasteiger charge is 2.21. The van der Waals surface area contributed by atoms with Crippen LogP contribution in [0.1, 0.15) is 5.56 Å². The molecule has 0 radical (unpaired) electrons. The minimum absolute atomic E-state index is 0.156. The first kappa shape index (κ1) is 24.6. The Morgan fingerprint density at radius 2 is 1.58 bits per heavy atom. The van der Waals surface area contributed by atoms with Crippen LogP contribution in [0.5, 0.6) is 17.2 Å². The molecule has 2 rings (SSSR count). The first-order valence-corrected chi connectivity index (χ1v) is 11.2. The van der Waals surface area contributed by atoms with Crippen molar-refractivity contribution in [2.24, 2.45) is 5.10 Å². The van der Waals surface area contributed by atoms with Crippen molar-refractivity contribution in [2.45, 2.75) is 0 Å². The molecule has 0 aliphatic rings. The molecule has 0 saturated heterocycles. The number of hydrogen-bond donors (Lipinski definition) is 1. The number of sulfonamides is 1. The van der Waals surface area contributed by atoms with Crippen molar-refractivity contribution >= 4 is 51.0 Å². The summed E-state index contributed by atoms with van der Waals surface area (Å²) in [6.45, 7) is -0.526. The summed E-state index contributed by atoms with van der Waals surface area (Å²) < 4.78 is 41.0. The van der Waals surface area contributed by atoms with Crippen molar-refractivity contribution in [2.75, 3.05) is 38.4 Å². The van der Waals surface area contributed by atoms with Gasteiger partial charge in [-0.05, 0) is 30.3 Å². The maximum Gasteiger partial charge on any atom is 0.260 e. The lowest BCUT2D eigenvalue weighted by atomic mass is 10.2. The summed E-state index contributed by atoms with van der Waals surface area (Å²) in [5, 5.41) is 4.33. The number of methoxy groups -OCH3 is 3. The summed E-state index contributed by atoms with van der Waals surface area (Å²) in [6.07, 6.45) is 2.32. The van der Waals surface area contributed by atoms with Gasteiger partial charge in [0.2, 0.25) is 15.8 Å². The zero-order valence-corrected chi connectivity index (χ0v) is 19.5. The zero-order chi connectivity index (χ0) is 23.2. The van der Waals surface area contributed by atoms with Crippen LogP contribution in [0.25, 0.3) is 0 Å². The van der Waals surface area contributed by atoms with Gasteiger partial charge in [-0.25, -0.2) is 13.8 Å². The fourth-order valence-corrected chi connectivity index (χ4v) is 3.96. The Morgan fingerprint density at radius 1 is 1.03 bits per heavy atom. The highest BCUT2D eigenvalue weighted by molar-refractivity contribution is 7.92. The highest BCUT2D eigenvalue weighted by Crippen LogP contribution is 2.37. The topological polar surface area (TPSA) is 107 Å². The molecule has 0 saturated carbocycles. The van der Waals surface area contributed by atoms with E-state index in [9.17, 15) is 13.2 Å². The minimum atomic E-state index is -3.79. The van der Waals surface area contributed by atoms with E-state index in [0.717, 1.165) is 10.6 Å². The summed E-state index contributed by atoms with van der Waals surface area (Å²) >= 11 is 11.9. The Labute approximate surface area is 190 Å². The molecule has 1 N–H and O–H groups in total. The molecule has 1 amide bonds. The lowest BCUT2D eigenvalue weighted by Crippen LogP contribution is -2.39. The van der Waals surface area contributed by atoms with Crippen LogP contribution in [0.2, 0.25) is 10.0 Å². The normalized spacial score (nSPS) is 11.3. The van der Waals surface area contributed by atoms with Crippen LogP contribution in [-0.4, -0.2) is 54.7 Å². The van der Waals surface area contributed by atoms with Gasteiger partial charge in [-0.15, -0.1) is 0 Å². The second kappa shape index (κ2) is 10.6. The Balaban J connectivity index is 2.18. The van der Waals surface area contributed by atoms with E-state index in [1.807, 2.05) is 0 Å². The maximum atomic E-state index is 12.3. The number of nitrogens with one attached hydrogen (secondary N) is 1. The molecule has 2 aromatic rings. The number of ether oxygens (including phenoxy) is 3. The minimum Gasteiger partial charge on any atom is -0.493 e. The molecule has 0 atom stereocenters. The molecule has 9 nitrogen and oxygen atoms in total. The van der Waals surface area contributed by atoms with Crippen LogP contribution in [-0.2, 0) is 14.8 Å². The van der Waals surface area contributed by atoms with Crippen molar-refractivity contribution in [3.63, 3.8) is 0 Å². The molecule has 168 valence electrons. The Kier molecular flexibility index (Phi) is 8.37. The molecular formula is C19H21Cl2N3O6S. The van der Waals surface area contributed by atoms with E-state index in [1.165, 1.54) is 45.7 Å². The van der Waals surface area contributed by atoms with Gasteiger partial charge in [0.15, 0.2) is 11.5 Å². The number of carbonyl (C=O) groups excluding carboxylic acids is 1. The molecule has 12 heteroatoms. The van der Waals surface area contributed by atoms with E-state index >= 15 is 0 Å². The van der Waals surface area contributed by atoms with Gasteiger partial charge in [0.05, 0.1) is 39.5 Å². The first-order valence-electron chi connectivity index (χ1n) is 8.64. The molecule has 2 aromatic carbocycles. The fraction of sp³-hybridized carbons (Fsp3) is 0.263. The second-order valence-corrected chi connectivity index (χ2v) is 8.93. The lowest BCUT2D eigenvalue weighted by molar-refractivity contribution is -0.119. The van der Waals surface area contributed by atoms with E-state index in [1.54, 1.807) is 12.1 Å². The van der Waals surface area contributed by atoms with Crippen molar-refractivity contribution in [3.05, 3.63) is 45.9 Å². The van der Waals surface area contributed by atoms with E-state index in [-0.39, 0.29) is 15.7 Å². The van der Waals surface area contributed by atoms with E-state index in [4.69, 9.17) is 37.4 Å². The Morgan fingerprint density at radius 3 is 2.03 bits per heavy atom. The van der Waals surface area contributed by atoms with Crippen LogP contribution < -0.4 is 23.9 Å². The summed E-state index contributed by atoms with van der Waals surface area (Å²) in [4.78, 5) is 12.3. The van der Waals surface area contributed by atoms with Gasteiger partial charge in [0, 0.05) is 15.6 Å². The summed E-state index contributed by atoms with van der Waals surface area (Å²) in [5.41, 5.74) is 2.99. The molecule has 0 aliphatic heterocycles. The number of nitrogens with zero attached hydrogens (tertiary/aromatic N) is 2. The quantitative estimate of drug-likeness (QED) is 0.428. The van der Waals surface area contributed by atoms with E-state index < -0.39 is 22.5 Å². The molecule has 31 heavy (non-hydrogen) atoms. The van der Waals surface area contributed by atoms with Gasteiger partial charge in [0.1, 0.15) is 6.54 Å². The van der Waals surface area contributed by atoms with E-state index in [2.05, 4.69) is 10.5 Å². The number of benzene rings is 2. The monoisotopic (exact) mass is 489 g/mol. The second-order valence-electron chi connectivity index (χ2n) is 6.15. The van der Waals surface area contributed by atoms with Crippen molar-refractivity contribution in [1.82, 2.24) is 5.43 Å². The third-order valence-electron chi connectivity index (χ3n) is 3.91. The highest BCUT2D eigenvalue weighted by atomic mass is 35.5. The number of anilines is 1. The number of hydrazone groups is 1. The smallest absolute Gasteiger partial charge is 0.260 e. The average Bonchev–Trinajstić information content (AvgIpc) is 2.69. The average molecular weight is 490 g/mol. The predicted octanol–water partition coefficient (Wildman–Crippen LogP) is 2.94.